The molecule has 0 spiro atoms. The van der Waals surface area contributed by atoms with E-state index in [9.17, 15) is 4.79 Å². The van der Waals surface area contributed by atoms with Crippen LogP contribution in [-0.4, -0.2) is 31.2 Å². The molecule has 0 aliphatic rings. The summed E-state index contributed by atoms with van der Waals surface area (Å²) in [5.74, 6) is -0.103. The van der Waals surface area contributed by atoms with E-state index in [1.54, 1.807) is 0 Å². The average Bonchev–Trinajstić information content (AvgIpc) is 2.38. The zero-order valence-corrected chi connectivity index (χ0v) is 11.8. The third-order valence-electron chi connectivity index (χ3n) is 2.71. The molecule has 106 valence electrons. The van der Waals surface area contributed by atoms with Gasteiger partial charge in [-0.05, 0) is 32.3 Å². The number of rotatable bonds is 8. The quantitative estimate of drug-likeness (QED) is 0.699. The summed E-state index contributed by atoms with van der Waals surface area (Å²) in [7, 11) is 0. The van der Waals surface area contributed by atoms with Crippen LogP contribution in [0.25, 0.3) is 0 Å². The van der Waals surface area contributed by atoms with Gasteiger partial charge in [0.25, 0.3) is 0 Å². The summed E-state index contributed by atoms with van der Waals surface area (Å²) in [6.45, 7) is 5.25. The smallest absolute Gasteiger partial charge is 0.237 e. The lowest BCUT2D eigenvalue weighted by Gasteiger charge is -2.13. The second kappa shape index (κ2) is 8.67. The third kappa shape index (κ3) is 6.94. The molecule has 0 fully saturated rings. The molecule has 3 N–H and O–H groups in total. The highest BCUT2D eigenvalue weighted by Gasteiger charge is 2.12. The minimum absolute atomic E-state index is 0.103. The highest BCUT2D eigenvalue weighted by atomic mass is 16.5. The summed E-state index contributed by atoms with van der Waals surface area (Å²) in [4.78, 5) is 11.8. The Kier molecular flexibility index (Phi) is 7.15. The molecule has 4 heteroatoms. The Morgan fingerprint density at radius 3 is 2.63 bits per heavy atom. The Morgan fingerprint density at radius 2 is 2.00 bits per heavy atom. The van der Waals surface area contributed by atoms with Gasteiger partial charge in [0.15, 0.2) is 0 Å². The van der Waals surface area contributed by atoms with Crippen LogP contribution in [0.15, 0.2) is 30.3 Å². The van der Waals surface area contributed by atoms with Crippen LogP contribution in [-0.2, 0) is 16.0 Å². The van der Waals surface area contributed by atoms with Crippen molar-refractivity contribution in [3.63, 3.8) is 0 Å². The second-order valence-corrected chi connectivity index (χ2v) is 4.86. The molecule has 1 atom stereocenters. The fourth-order valence-electron chi connectivity index (χ4n) is 1.69. The van der Waals surface area contributed by atoms with Crippen LogP contribution in [0.1, 0.15) is 25.8 Å². The van der Waals surface area contributed by atoms with Crippen LogP contribution in [0, 0.1) is 0 Å². The predicted molar refractivity (Wildman–Crippen MR) is 76.8 cm³/mol. The number of nitrogens with one attached hydrogen (secondary N) is 1. The molecule has 1 amide bonds. The summed E-state index contributed by atoms with van der Waals surface area (Å²) in [6.07, 6.45) is 1.60. The van der Waals surface area contributed by atoms with Crippen molar-refractivity contribution in [1.82, 2.24) is 5.32 Å². The first kappa shape index (κ1) is 15.7. The number of carbonyl (C=O) groups is 1. The molecule has 1 unspecified atom stereocenters. The van der Waals surface area contributed by atoms with Gasteiger partial charge < -0.3 is 15.8 Å². The minimum atomic E-state index is -0.492. The van der Waals surface area contributed by atoms with E-state index in [2.05, 4.69) is 5.32 Å². The maximum Gasteiger partial charge on any atom is 0.237 e. The molecule has 0 bridgehead atoms. The number of carbonyl (C=O) groups excluding carboxylic acids is 1. The van der Waals surface area contributed by atoms with Crippen LogP contribution >= 0.6 is 0 Å². The van der Waals surface area contributed by atoms with E-state index in [0.717, 1.165) is 12.0 Å². The molecule has 0 saturated carbocycles. The maximum atomic E-state index is 11.8. The minimum Gasteiger partial charge on any atom is -0.379 e. The first-order valence-corrected chi connectivity index (χ1v) is 6.78. The molecule has 19 heavy (non-hydrogen) atoms. The highest BCUT2D eigenvalue weighted by molar-refractivity contribution is 5.81. The van der Waals surface area contributed by atoms with E-state index < -0.39 is 6.04 Å². The molecule has 0 saturated heterocycles. The lowest BCUT2D eigenvalue weighted by molar-refractivity contribution is -0.122. The van der Waals surface area contributed by atoms with Gasteiger partial charge in [-0.2, -0.15) is 0 Å². The van der Waals surface area contributed by atoms with E-state index in [1.807, 2.05) is 44.2 Å². The summed E-state index contributed by atoms with van der Waals surface area (Å²) in [6, 6.07) is 9.30. The van der Waals surface area contributed by atoms with Gasteiger partial charge in [-0.3, -0.25) is 4.79 Å². The maximum absolute atomic E-state index is 11.8. The van der Waals surface area contributed by atoms with Gasteiger partial charge in [0, 0.05) is 13.2 Å². The van der Waals surface area contributed by atoms with Crippen molar-refractivity contribution in [2.45, 2.75) is 38.8 Å². The first-order valence-electron chi connectivity index (χ1n) is 6.78. The Hall–Kier alpha value is -1.39. The monoisotopic (exact) mass is 264 g/mol. The zero-order valence-electron chi connectivity index (χ0n) is 11.8. The molecule has 4 nitrogen and oxygen atoms in total. The van der Waals surface area contributed by atoms with Gasteiger partial charge in [-0.1, -0.05) is 30.3 Å². The molecule has 1 aromatic rings. The Balaban J connectivity index is 2.18. The number of benzene rings is 1. The molecule has 0 radical (unpaired) electrons. The topological polar surface area (TPSA) is 64.3 Å². The molecular formula is C15H24N2O2. The van der Waals surface area contributed by atoms with Crippen molar-refractivity contribution in [2.75, 3.05) is 13.2 Å². The second-order valence-electron chi connectivity index (χ2n) is 4.86. The van der Waals surface area contributed by atoms with Crippen LogP contribution in [0.4, 0.5) is 0 Å². The van der Waals surface area contributed by atoms with Gasteiger partial charge in [0.1, 0.15) is 0 Å². The Labute approximate surface area is 115 Å². The summed E-state index contributed by atoms with van der Waals surface area (Å²) in [5, 5.41) is 2.83. The number of amides is 1. The zero-order chi connectivity index (χ0) is 14.1. The SMILES string of the molecule is CC(C)OCCCNC(=O)C(N)Cc1ccccc1. The first-order chi connectivity index (χ1) is 9.09. The van der Waals surface area contributed by atoms with Gasteiger partial charge in [-0.25, -0.2) is 0 Å². The van der Waals surface area contributed by atoms with Crippen molar-refractivity contribution in [3.05, 3.63) is 35.9 Å². The summed E-state index contributed by atoms with van der Waals surface area (Å²) in [5.41, 5.74) is 6.95. The van der Waals surface area contributed by atoms with E-state index in [0.29, 0.717) is 19.6 Å². The third-order valence-corrected chi connectivity index (χ3v) is 2.71. The van der Waals surface area contributed by atoms with E-state index in [1.165, 1.54) is 0 Å². The van der Waals surface area contributed by atoms with Gasteiger partial charge in [0.05, 0.1) is 12.1 Å². The normalized spacial score (nSPS) is 12.4. The fourth-order valence-corrected chi connectivity index (χ4v) is 1.69. The lowest BCUT2D eigenvalue weighted by Crippen LogP contribution is -2.42. The Bertz CT molecular complexity index is 366. The van der Waals surface area contributed by atoms with Crippen LogP contribution in [0.5, 0.6) is 0 Å². The Morgan fingerprint density at radius 1 is 1.32 bits per heavy atom. The van der Waals surface area contributed by atoms with Crippen LogP contribution in [0.2, 0.25) is 0 Å². The standard InChI is InChI=1S/C15H24N2O2/c1-12(2)19-10-6-9-17-15(18)14(16)11-13-7-4-3-5-8-13/h3-5,7-8,12,14H,6,9-11,16H2,1-2H3,(H,17,18). The number of hydrogen-bond donors (Lipinski definition) is 2. The summed E-state index contributed by atoms with van der Waals surface area (Å²) >= 11 is 0. The summed E-state index contributed by atoms with van der Waals surface area (Å²) < 4.78 is 5.40. The van der Waals surface area contributed by atoms with Gasteiger partial charge >= 0.3 is 0 Å². The number of nitrogens with two attached hydrogens (primary N) is 1. The van der Waals surface area contributed by atoms with E-state index in [-0.39, 0.29) is 12.0 Å². The van der Waals surface area contributed by atoms with Crippen molar-refractivity contribution in [1.29, 1.82) is 0 Å². The molecule has 1 aromatic carbocycles. The highest BCUT2D eigenvalue weighted by Crippen LogP contribution is 2.01. The predicted octanol–water partition coefficient (Wildman–Crippen LogP) is 1.49. The molecule has 0 aliphatic heterocycles. The van der Waals surface area contributed by atoms with Crippen molar-refractivity contribution >= 4 is 5.91 Å². The fraction of sp³-hybridized carbons (Fsp3) is 0.533. The molecule has 1 rings (SSSR count). The van der Waals surface area contributed by atoms with E-state index >= 15 is 0 Å². The van der Waals surface area contributed by atoms with Crippen LogP contribution < -0.4 is 11.1 Å². The molecule has 0 aromatic heterocycles. The van der Waals surface area contributed by atoms with Gasteiger partial charge in [0.2, 0.25) is 5.91 Å². The molecule has 0 heterocycles. The van der Waals surface area contributed by atoms with Crippen molar-refractivity contribution < 1.29 is 9.53 Å². The van der Waals surface area contributed by atoms with Crippen molar-refractivity contribution in [3.8, 4) is 0 Å². The molecule has 0 aliphatic carbocycles. The van der Waals surface area contributed by atoms with Crippen LogP contribution in [0.3, 0.4) is 0 Å². The largest absolute Gasteiger partial charge is 0.379 e. The van der Waals surface area contributed by atoms with Gasteiger partial charge in [-0.15, -0.1) is 0 Å². The average molecular weight is 264 g/mol. The molecular weight excluding hydrogens is 240 g/mol. The van der Waals surface area contributed by atoms with E-state index in [4.69, 9.17) is 10.5 Å². The number of ether oxygens (including phenoxy) is 1. The van der Waals surface area contributed by atoms with Crippen molar-refractivity contribution in [2.24, 2.45) is 5.73 Å². The number of hydrogen-bond acceptors (Lipinski definition) is 3. The lowest BCUT2D eigenvalue weighted by atomic mass is 10.1.